The predicted octanol–water partition coefficient (Wildman–Crippen LogP) is 2.42. The zero-order valence-electron chi connectivity index (χ0n) is 13.6. The van der Waals surface area contributed by atoms with E-state index in [1.54, 1.807) is 11.3 Å². The summed E-state index contributed by atoms with van der Waals surface area (Å²) in [5.74, 6) is 0.871. The molecular weight excluding hydrogens is 316 g/mol. The Hall–Kier alpha value is -0.790. The van der Waals surface area contributed by atoms with Gasteiger partial charge in [-0.15, -0.1) is 11.3 Å². The highest BCUT2D eigenvalue weighted by Crippen LogP contribution is 2.32. The maximum absolute atomic E-state index is 5.49. The monoisotopic (exact) mass is 342 g/mol. The van der Waals surface area contributed by atoms with Crippen molar-refractivity contribution in [1.82, 2.24) is 15.6 Å². The van der Waals surface area contributed by atoms with Gasteiger partial charge in [0.1, 0.15) is 5.01 Å². The quantitative estimate of drug-likeness (QED) is 0.614. The van der Waals surface area contributed by atoms with Crippen LogP contribution in [0.4, 0.5) is 0 Å². The molecule has 2 N–H and O–H groups in total. The van der Waals surface area contributed by atoms with Crippen molar-refractivity contribution in [1.29, 1.82) is 0 Å². The van der Waals surface area contributed by atoms with Crippen LogP contribution in [0.1, 0.15) is 29.7 Å². The van der Waals surface area contributed by atoms with Gasteiger partial charge in [0, 0.05) is 42.1 Å². The molecule has 0 aliphatic carbocycles. The lowest BCUT2D eigenvalue weighted by atomic mass is 9.99. The molecule has 124 valence electrons. The van der Waals surface area contributed by atoms with E-state index in [9.17, 15) is 0 Å². The number of aliphatic imine (C=N–C) groups is 1. The van der Waals surface area contributed by atoms with E-state index in [4.69, 9.17) is 4.74 Å². The number of thioether (sulfide) groups is 1. The highest BCUT2D eigenvalue weighted by atomic mass is 32.2. The van der Waals surface area contributed by atoms with Crippen molar-refractivity contribution < 1.29 is 4.74 Å². The number of nitrogens with zero attached hydrogens (tertiary/aromatic N) is 2. The number of nitrogens with one attached hydrogen (secondary N) is 2. The molecular formula is C15H26N4OS2. The third-order valence-electron chi connectivity index (χ3n) is 3.80. The molecule has 22 heavy (non-hydrogen) atoms. The zero-order chi connectivity index (χ0) is 15.8. The third-order valence-corrected chi connectivity index (χ3v) is 6.12. The SMILES string of the molecule is CCNC(=NCc1ncc(C)s1)NCC1(SC)CCOCC1. The summed E-state index contributed by atoms with van der Waals surface area (Å²) in [5, 5.41) is 7.87. The number of hydrogen-bond donors (Lipinski definition) is 2. The van der Waals surface area contributed by atoms with E-state index in [1.807, 2.05) is 18.0 Å². The first kappa shape index (κ1) is 17.6. The van der Waals surface area contributed by atoms with Crippen molar-refractivity contribution in [2.75, 3.05) is 32.6 Å². The highest BCUT2D eigenvalue weighted by molar-refractivity contribution is 8.00. The summed E-state index contributed by atoms with van der Waals surface area (Å²) in [6.07, 6.45) is 6.27. The summed E-state index contributed by atoms with van der Waals surface area (Å²) in [5.41, 5.74) is 0. The molecule has 5 nitrogen and oxygen atoms in total. The van der Waals surface area contributed by atoms with Gasteiger partial charge in [0.25, 0.3) is 0 Å². The molecule has 1 saturated heterocycles. The fraction of sp³-hybridized carbons (Fsp3) is 0.733. The first-order valence-electron chi connectivity index (χ1n) is 7.74. The highest BCUT2D eigenvalue weighted by Gasteiger charge is 2.31. The molecule has 1 fully saturated rings. The number of ether oxygens (including phenoxy) is 1. The molecule has 0 amide bonds. The smallest absolute Gasteiger partial charge is 0.191 e. The van der Waals surface area contributed by atoms with Gasteiger partial charge in [0.15, 0.2) is 5.96 Å². The van der Waals surface area contributed by atoms with Crippen LogP contribution in [0.3, 0.4) is 0 Å². The fourth-order valence-electron chi connectivity index (χ4n) is 2.40. The van der Waals surface area contributed by atoms with Crippen molar-refractivity contribution in [2.24, 2.45) is 4.99 Å². The summed E-state index contributed by atoms with van der Waals surface area (Å²) in [6, 6.07) is 0. The van der Waals surface area contributed by atoms with Crippen LogP contribution >= 0.6 is 23.1 Å². The minimum atomic E-state index is 0.256. The van der Waals surface area contributed by atoms with Crippen molar-refractivity contribution in [3.05, 3.63) is 16.1 Å². The summed E-state index contributed by atoms with van der Waals surface area (Å²) in [6.45, 7) is 8.27. The standard InChI is InChI=1S/C15H26N4OS2/c1-4-16-14(18-10-13-17-9-12(2)22-13)19-11-15(21-3)5-7-20-8-6-15/h9H,4-8,10-11H2,1-3H3,(H2,16,18,19). The topological polar surface area (TPSA) is 58.5 Å². The second-order valence-corrected chi connectivity index (χ2v) is 8.01. The summed E-state index contributed by atoms with van der Waals surface area (Å²) >= 11 is 3.64. The Balaban J connectivity index is 1.92. The Morgan fingerprint density at radius 2 is 2.23 bits per heavy atom. The van der Waals surface area contributed by atoms with Crippen LogP contribution in [0, 0.1) is 6.92 Å². The zero-order valence-corrected chi connectivity index (χ0v) is 15.3. The van der Waals surface area contributed by atoms with E-state index in [1.165, 1.54) is 4.88 Å². The van der Waals surface area contributed by atoms with Crippen LogP contribution in [0.15, 0.2) is 11.2 Å². The summed E-state index contributed by atoms with van der Waals surface area (Å²) in [4.78, 5) is 10.2. The van der Waals surface area contributed by atoms with E-state index in [0.29, 0.717) is 6.54 Å². The van der Waals surface area contributed by atoms with Gasteiger partial charge in [0.2, 0.25) is 0 Å². The van der Waals surface area contributed by atoms with Gasteiger partial charge in [-0.2, -0.15) is 11.8 Å². The second-order valence-electron chi connectivity index (χ2n) is 5.41. The first-order valence-corrected chi connectivity index (χ1v) is 9.78. The third kappa shape index (κ3) is 5.14. The molecule has 0 radical (unpaired) electrons. The summed E-state index contributed by atoms with van der Waals surface area (Å²) < 4.78 is 5.75. The Labute approximate surface area is 141 Å². The lowest BCUT2D eigenvalue weighted by Gasteiger charge is -2.36. The largest absolute Gasteiger partial charge is 0.381 e. The van der Waals surface area contributed by atoms with Gasteiger partial charge in [-0.25, -0.2) is 9.98 Å². The average molecular weight is 343 g/mol. The fourth-order valence-corrected chi connectivity index (χ4v) is 3.91. The predicted molar refractivity (Wildman–Crippen MR) is 96.0 cm³/mol. The molecule has 1 aromatic rings. The minimum Gasteiger partial charge on any atom is -0.381 e. The number of aromatic nitrogens is 1. The molecule has 2 heterocycles. The van der Waals surface area contributed by atoms with Crippen LogP contribution in [0.5, 0.6) is 0 Å². The molecule has 0 atom stereocenters. The number of rotatable bonds is 6. The molecule has 0 spiro atoms. The van der Waals surface area contributed by atoms with Crippen LogP contribution in [-0.4, -0.2) is 48.2 Å². The van der Waals surface area contributed by atoms with E-state index >= 15 is 0 Å². The van der Waals surface area contributed by atoms with E-state index in [-0.39, 0.29) is 4.75 Å². The van der Waals surface area contributed by atoms with Crippen LogP contribution in [-0.2, 0) is 11.3 Å². The van der Waals surface area contributed by atoms with Crippen LogP contribution in [0.2, 0.25) is 0 Å². The Kier molecular flexibility index (Phi) is 6.98. The maximum Gasteiger partial charge on any atom is 0.191 e. The van der Waals surface area contributed by atoms with E-state index in [2.05, 4.69) is 40.7 Å². The Morgan fingerprint density at radius 1 is 1.45 bits per heavy atom. The summed E-state index contributed by atoms with van der Waals surface area (Å²) in [7, 11) is 0. The molecule has 1 aromatic heterocycles. The van der Waals surface area contributed by atoms with E-state index in [0.717, 1.165) is 50.1 Å². The van der Waals surface area contributed by atoms with Gasteiger partial charge in [-0.3, -0.25) is 0 Å². The van der Waals surface area contributed by atoms with Gasteiger partial charge in [0.05, 0.1) is 6.54 Å². The number of aryl methyl sites for hydroxylation is 1. The lowest BCUT2D eigenvalue weighted by Crippen LogP contribution is -2.47. The van der Waals surface area contributed by atoms with Crippen molar-refractivity contribution >= 4 is 29.1 Å². The average Bonchev–Trinajstić information content (AvgIpc) is 2.96. The maximum atomic E-state index is 5.49. The van der Waals surface area contributed by atoms with Crippen LogP contribution < -0.4 is 10.6 Å². The lowest BCUT2D eigenvalue weighted by molar-refractivity contribution is 0.0783. The van der Waals surface area contributed by atoms with Gasteiger partial charge in [-0.05, 0) is 32.9 Å². The molecule has 0 saturated carbocycles. The molecule has 1 aliphatic rings. The number of thiazole rings is 1. The molecule has 0 aromatic carbocycles. The minimum absolute atomic E-state index is 0.256. The number of guanidine groups is 1. The second kappa shape index (κ2) is 8.74. The Morgan fingerprint density at radius 3 is 2.82 bits per heavy atom. The molecule has 7 heteroatoms. The normalized spacial score (nSPS) is 18.2. The van der Waals surface area contributed by atoms with Crippen molar-refractivity contribution in [2.45, 2.75) is 38.0 Å². The van der Waals surface area contributed by atoms with Crippen molar-refractivity contribution in [3.63, 3.8) is 0 Å². The van der Waals surface area contributed by atoms with Crippen LogP contribution in [0.25, 0.3) is 0 Å². The van der Waals surface area contributed by atoms with Gasteiger partial charge < -0.3 is 15.4 Å². The molecule has 0 bridgehead atoms. The van der Waals surface area contributed by atoms with E-state index < -0.39 is 0 Å². The first-order chi connectivity index (χ1) is 10.7. The number of hydrogen-bond acceptors (Lipinski definition) is 5. The molecule has 1 aliphatic heterocycles. The van der Waals surface area contributed by atoms with Gasteiger partial charge >= 0.3 is 0 Å². The van der Waals surface area contributed by atoms with Crippen molar-refractivity contribution in [3.8, 4) is 0 Å². The van der Waals surface area contributed by atoms with Gasteiger partial charge in [-0.1, -0.05) is 0 Å². The molecule has 2 rings (SSSR count). The Bertz CT molecular complexity index is 484. The molecule has 0 unspecified atom stereocenters.